The van der Waals surface area contributed by atoms with Gasteiger partial charge in [-0.2, -0.15) is 0 Å². The molecule has 0 aliphatic carbocycles. The van der Waals surface area contributed by atoms with Gasteiger partial charge in [-0.1, -0.05) is 144 Å². The molecule has 0 aromatic heterocycles. The third-order valence-electron chi connectivity index (χ3n) is 9.11. The molecule has 4 N–H and O–H groups in total. The van der Waals surface area contributed by atoms with E-state index in [2.05, 4.69) is 110 Å². The van der Waals surface area contributed by atoms with Crippen LogP contribution < -0.4 is 10.6 Å². The number of carbonyl (C=O) groups excluding carboxylic acids is 3. The molecule has 9 heteroatoms. The molecule has 2 amide bonds. The second-order valence-corrected chi connectivity index (χ2v) is 14.4. The summed E-state index contributed by atoms with van der Waals surface area (Å²) < 4.78 is 5.89. The van der Waals surface area contributed by atoms with Gasteiger partial charge in [0.05, 0.1) is 13.2 Å². The van der Waals surface area contributed by atoms with Crippen molar-refractivity contribution in [1.29, 1.82) is 0 Å². The second kappa shape index (κ2) is 41.6. The maximum absolute atomic E-state index is 12.7. The molecule has 0 saturated carbocycles. The van der Waals surface area contributed by atoms with Crippen LogP contribution in [0, 0.1) is 0 Å². The Morgan fingerprint density at radius 2 is 1.05 bits per heavy atom. The fourth-order valence-corrected chi connectivity index (χ4v) is 5.74. The molecule has 2 unspecified atom stereocenters. The summed E-state index contributed by atoms with van der Waals surface area (Å²) in [4.78, 5) is 47.6. The lowest BCUT2D eigenvalue weighted by Gasteiger charge is -2.15. The van der Waals surface area contributed by atoms with Crippen molar-refractivity contribution in [1.82, 2.24) is 10.6 Å². The van der Waals surface area contributed by atoms with Gasteiger partial charge >= 0.3 is 11.9 Å². The van der Waals surface area contributed by atoms with E-state index in [9.17, 15) is 19.2 Å². The molecule has 322 valence electrons. The highest BCUT2D eigenvalue weighted by atomic mass is 16.5. The number of carbonyl (C=O) groups is 4. The van der Waals surface area contributed by atoms with Gasteiger partial charge in [0.25, 0.3) is 0 Å². The van der Waals surface area contributed by atoms with Gasteiger partial charge in [-0.25, -0.2) is 4.79 Å². The van der Waals surface area contributed by atoms with E-state index in [0.717, 1.165) is 96.3 Å². The number of allylic oxidation sites excluding steroid dienone is 13. The van der Waals surface area contributed by atoms with E-state index < -0.39 is 24.5 Å². The standard InChI is InChI=1S/C48H78N2O7/c1-3-5-7-9-11-13-14-15-16-17-18-19-20-21-22-23-24-26-28-30-36-40-47(54)57-43(37-33-29-27-25-12-10-8-6-4-2)38-34-31-32-35-39-45(52)49-41-46(53)50-44(42-51)48(55)56/h5,7,11,13,15-16,18-19,21-22,24,26,33,37,43-44,51H,3-4,6,8-10,12,14,17,20,23,25,27-32,34-36,38-42H2,1-2H3,(H,49,52)(H,50,53)(H,55,56)/b7-5-,13-11-,16-15-,19-18-,22-21-,26-24-,37-33-. The number of carboxylic acid groups (broad SMARTS) is 1. The van der Waals surface area contributed by atoms with E-state index in [1.54, 1.807) is 0 Å². The van der Waals surface area contributed by atoms with Crippen LogP contribution in [0.3, 0.4) is 0 Å². The summed E-state index contributed by atoms with van der Waals surface area (Å²) >= 11 is 0. The Bertz CT molecular complexity index is 1230. The second-order valence-electron chi connectivity index (χ2n) is 14.4. The number of hydrogen-bond donors (Lipinski definition) is 4. The molecule has 0 bridgehead atoms. The van der Waals surface area contributed by atoms with E-state index >= 15 is 0 Å². The zero-order valence-electron chi connectivity index (χ0n) is 35.6. The molecule has 0 aliphatic rings. The van der Waals surface area contributed by atoms with Crippen LogP contribution in [0.15, 0.2) is 85.1 Å². The molecule has 0 fully saturated rings. The van der Waals surface area contributed by atoms with Gasteiger partial charge in [0.1, 0.15) is 12.1 Å². The van der Waals surface area contributed by atoms with Gasteiger partial charge in [-0.05, 0) is 96.0 Å². The molecule has 0 aromatic carbocycles. The number of amides is 2. The van der Waals surface area contributed by atoms with Gasteiger partial charge in [-0.3, -0.25) is 14.4 Å². The van der Waals surface area contributed by atoms with Crippen LogP contribution >= 0.6 is 0 Å². The molecule has 0 heterocycles. The Balaban J connectivity index is 4.38. The van der Waals surface area contributed by atoms with Crippen LogP contribution in [0.25, 0.3) is 0 Å². The van der Waals surface area contributed by atoms with Crippen molar-refractivity contribution in [3.05, 3.63) is 85.1 Å². The first-order valence-corrected chi connectivity index (χ1v) is 22.0. The van der Waals surface area contributed by atoms with Crippen molar-refractivity contribution in [2.75, 3.05) is 13.2 Å². The van der Waals surface area contributed by atoms with Crippen LogP contribution in [0.2, 0.25) is 0 Å². The minimum atomic E-state index is -1.40. The number of nitrogens with one attached hydrogen (secondary N) is 2. The topological polar surface area (TPSA) is 142 Å². The van der Waals surface area contributed by atoms with Gasteiger partial charge in [-0.15, -0.1) is 0 Å². The first-order chi connectivity index (χ1) is 27.8. The summed E-state index contributed by atoms with van der Waals surface area (Å²) in [7, 11) is 0. The summed E-state index contributed by atoms with van der Waals surface area (Å²) in [6.45, 7) is 3.31. The number of ether oxygens (including phenoxy) is 1. The van der Waals surface area contributed by atoms with Crippen LogP contribution in [0.4, 0.5) is 0 Å². The predicted molar refractivity (Wildman–Crippen MR) is 236 cm³/mol. The minimum Gasteiger partial charge on any atom is -0.480 e. The third-order valence-corrected chi connectivity index (χ3v) is 9.11. The van der Waals surface area contributed by atoms with Crippen LogP contribution in [-0.2, 0) is 23.9 Å². The van der Waals surface area contributed by atoms with Crippen molar-refractivity contribution >= 4 is 23.8 Å². The lowest BCUT2D eigenvalue weighted by Crippen LogP contribution is -2.47. The van der Waals surface area contributed by atoms with E-state index in [1.165, 1.54) is 38.5 Å². The highest BCUT2D eigenvalue weighted by Gasteiger charge is 2.18. The maximum atomic E-state index is 12.7. The summed E-state index contributed by atoms with van der Waals surface area (Å²) in [5.74, 6) is -2.46. The number of rotatable bonds is 38. The summed E-state index contributed by atoms with van der Waals surface area (Å²) in [6, 6.07) is -1.40. The largest absolute Gasteiger partial charge is 0.480 e. The van der Waals surface area contributed by atoms with Crippen LogP contribution in [0.5, 0.6) is 0 Å². The minimum absolute atomic E-state index is 0.155. The summed E-state index contributed by atoms with van der Waals surface area (Å²) in [5.41, 5.74) is 0. The molecule has 57 heavy (non-hydrogen) atoms. The van der Waals surface area contributed by atoms with Gasteiger partial charge in [0.2, 0.25) is 11.8 Å². The molecular formula is C48H78N2O7. The highest BCUT2D eigenvalue weighted by Crippen LogP contribution is 2.15. The molecule has 2 atom stereocenters. The molecule has 9 nitrogen and oxygen atoms in total. The number of aliphatic carboxylic acids is 1. The summed E-state index contributed by atoms with van der Waals surface area (Å²) in [6.07, 6.45) is 53.4. The molecule has 0 radical (unpaired) electrons. The predicted octanol–water partition coefficient (Wildman–Crippen LogP) is 10.9. The van der Waals surface area contributed by atoms with E-state index in [-0.39, 0.29) is 30.9 Å². The van der Waals surface area contributed by atoms with Crippen molar-refractivity contribution in [3.63, 3.8) is 0 Å². The van der Waals surface area contributed by atoms with Gasteiger partial charge in [0.15, 0.2) is 0 Å². The number of carboxylic acids is 1. The monoisotopic (exact) mass is 795 g/mol. The van der Waals surface area contributed by atoms with Crippen molar-refractivity contribution in [2.45, 2.75) is 180 Å². The van der Waals surface area contributed by atoms with E-state index in [4.69, 9.17) is 14.9 Å². The average Bonchev–Trinajstić information content (AvgIpc) is 3.20. The smallest absolute Gasteiger partial charge is 0.328 e. The van der Waals surface area contributed by atoms with Crippen molar-refractivity contribution in [2.24, 2.45) is 0 Å². The fraction of sp³-hybridized carbons (Fsp3) is 0.625. The highest BCUT2D eigenvalue weighted by molar-refractivity contribution is 5.87. The lowest BCUT2D eigenvalue weighted by atomic mass is 10.1. The Labute approximate surface area is 346 Å². The third kappa shape index (κ3) is 38.7. The van der Waals surface area contributed by atoms with Gasteiger partial charge in [0, 0.05) is 12.8 Å². The first kappa shape index (κ1) is 53.0. The molecule has 0 aromatic rings. The van der Waals surface area contributed by atoms with E-state index in [0.29, 0.717) is 12.8 Å². The number of hydrogen-bond acceptors (Lipinski definition) is 6. The number of unbranched alkanes of at least 4 members (excludes halogenated alkanes) is 12. The molecule has 0 saturated heterocycles. The average molecular weight is 795 g/mol. The Kier molecular flexibility index (Phi) is 38.7. The number of esters is 1. The zero-order valence-corrected chi connectivity index (χ0v) is 35.6. The van der Waals surface area contributed by atoms with Crippen molar-refractivity contribution in [3.8, 4) is 0 Å². The Morgan fingerprint density at radius 1 is 0.561 bits per heavy atom. The molecule has 0 aliphatic heterocycles. The molecular weight excluding hydrogens is 717 g/mol. The normalized spacial score (nSPS) is 13.3. The Morgan fingerprint density at radius 3 is 1.63 bits per heavy atom. The van der Waals surface area contributed by atoms with Crippen LogP contribution in [0.1, 0.15) is 168 Å². The van der Waals surface area contributed by atoms with E-state index in [1.807, 2.05) is 0 Å². The maximum Gasteiger partial charge on any atom is 0.328 e. The first-order valence-electron chi connectivity index (χ1n) is 22.0. The quantitative estimate of drug-likeness (QED) is 0.0277. The fourth-order valence-electron chi connectivity index (χ4n) is 5.74. The van der Waals surface area contributed by atoms with Gasteiger partial charge < -0.3 is 25.6 Å². The zero-order chi connectivity index (χ0) is 41.9. The lowest BCUT2D eigenvalue weighted by molar-refractivity contribution is -0.147. The molecule has 0 rings (SSSR count). The Hall–Kier alpha value is -3.98. The van der Waals surface area contributed by atoms with Crippen molar-refractivity contribution < 1.29 is 34.1 Å². The molecule has 0 spiro atoms. The van der Waals surface area contributed by atoms with Crippen LogP contribution in [-0.4, -0.2) is 59.3 Å². The number of aliphatic hydroxyl groups is 1. The SMILES string of the molecule is CC/C=C\C/C=C\C/C=C\C/C=C\C/C=C\C/C=C\CCCCC(=O)OC(/C=C\CCCCCCCCC)CCCCCCC(=O)NCC(=O)NC(CO)C(=O)O. The number of aliphatic hydroxyl groups excluding tert-OH is 1. The summed E-state index contributed by atoms with van der Waals surface area (Å²) in [5, 5.41) is 22.5.